The summed E-state index contributed by atoms with van der Waals surface area (Å²) in [6, 6.07) is 5.96. The zero-order chi connectivity index (χ0) is 20.8. The lowest BCUT2D eigenvalue weighted by Gasteiger charge is -2.32. The van der Waals surface area contributed by atoms with Gasteiger partial charge in [-0.05, 0) is 36.3 Å². The maximum atomic E-state index is 12.7. The van der Waals surface area contributed by atoms with Gasteiger partial charge in [0.1, 0.15) is 29.7 Å². The minimum atomic E-state index is -0.0671. The van der Waals surface area contributed by atoms with E-state index in [4.69, 9.17) is 14.2 Å². The smallest absolute Gasteiger partial charge is 0.259 e. The molecule has 2 aromatic heterocycles. The molecule has 0 radical (unpaired) electrons. The number of fused-ring (bicyclic) bond motifs is 1. The molecule has 0 atom stereocenters. The summed E-state index contributed by atoms with van der Waals surface area (Å²) in [6.45, 7) is 2.61. The van der Waals surface area contributed by atoms with E-state index in [0.717, 1.165) is 53.2 Å². The predicted octanol–water partition coefficient (Wildman–Crippen LogP) is 3.20. The molecule has 2 fully saturated rings. The molecule has 3 aromatic rings. The molecule has 2 aliphatic heterocycles. The van der Waals surface area contributed by atoms with Crippen molar-refractivity contribution in [3.8, 4) is 22.6 Å². The first-order valence-corrected chi connectivity index (χ1v) is 9.93. The van der Waals surface area contributed by atoms with Crippen LogP contribution < -0.4 is 19.9 Å². The topological polar surface area (TPSA) is 69.1 Å². The van der Waals surface area contributed by atoms with Gasteiger partial charge in [-0.2, -0.15) is 0 Å². The second kappa shape index (κ2) is 7.09. The quantitative estimate of drug-likeness (QED) is 0.607. The fraction of sp³-hybridized carbons (Fsp3) is 0.304. The molecule has 0 N–H and O–H groups in total. The number of aromatic nitrogens is 2. The van der Waals surface area contributed by atoms with Gasteiger partial charge in [-0.1, -0.05) is 0 Å². The van der Waals surface area contributed by atoms with E-state index in [1.54, 1.807) is 32.0 Å². The van der Waals surface area contributed by atoms with Crippen LogP contribution in [0.5, 0.6) is 11.5 Å². The molecule has 0 saturated carbocycles. The van der Waals surface area contributed by atoms with Crippen molar-refractivity contribution in [2.75, 3.05) is 38.8 Å². The normalized spacial score (nSPS) is 16.4. The molecule has 30 heavy (non-hydrogen) atoms. The fourth-order valence-corrected chi connectivity index (χ4v) is 3.82. The molecule has 7 heteroatoms. The van der Waals surface area contributed by atoms with Crippen LogP contribution in [0.3, 0.4) is 0 Å². The average molecular weight is 405 g/mol. The lowest BCUT2D eigenvalue weighted by Crippen LogP contribution is -2.37. The third kappa shape index (κ3) is 3.07. The highest BCUT2D eigenvalue weighted by Gasteiger charge is 2.21. The van der Waals surface area contributed by atoms with Crippen LogP contribution in [0.25, 0.3) is 28.0 Å². The van der Waals surface area contributed by atoms with Crippen LogP contribution in [0.15, 0.2) is 41.1 Å². The first kappa shape index (κ1) is 18.5. The van der Waals surface area contributed by atoms with Crippen LogP contribution in [0.4, 0.5) is 5.82 Å². The summed E-state index contributed by atoms with van der Waals surface area (Å²) < 4.78 is 18.2. The third-order valence-electron chi connectivity index (χ3n) is 5.70. The Morgan fingerprint density at radius 2 is 1.80 bits per heavy atom. The zero-order valence-electron chi connectivity index (χ0n) is 17.3. The summed E-state index contributed by atoms with van der Waals surface area (Å²) in [5.41, 5.74) is 2.61. The van der Waals surface area contributed by atoms with Crippen molar-refractivity contribution in [1.29, 1.82) is 0 Å². The summed E-state index contributed by atoms with van der Waals surface area (Å²) in [7, 11) is 5.03. The van der Waals surface area contributed by atoms with Gasteiger partial charge < -0.3 is 23.7 Å². The Bertz CT molecular complexity index is 1210. The SMILES string of the molecule is COc1cc(-c2cn(C)c(=O)c3cnc(N4CCC4)cc23)cc(OC)c1/C=C1/CO1. The van der Waals surface area contributed by atoms with Gasteiger partial charge in [0.15, 0.2) is 0 Å². The molecule has 5 rings (SSSR count). The highest BCUT2D eigenvalue weighted by Crippen LogP contribution is 2.39. The summed E-state index contributed by atoms with van der Waals surface area (Å²) in [5.74, 6) is 3.17. The Morgan fingerprint density at radius 1 is 1.10 bits per heavy atom. The number of hydrogen-bond acceptors (Lipinski definition) is 6. The maximum Gasteiger partial charge on any atom is 0.259 e. The molecule has 2 aliphatic rings. The number of methoxy groups -OCH3 is 2. The van der Waals surface area contributed by atoms with Gasteiger partial charge in [-0.3, -0.25) is 4.79 Å². The van der Waals surface area contributed by atoms with Gasteiger partial charge in [0.25, 0.3) is 5.56 Å². The molecule has 0 spiro atoms. The van der Waals surface area contributed by atoms with Crippen molar-refractivity contribution in [3.05, 3.63) is 52.3 Å². The Balaban J connectivity index is 1.74. The van der Waals surface area contributed by atoms with E-state index in [2.05, 4.69) is 9.88 Å². The summed E-state index contributed by atoms with van der Waals surface area (Å²) in [6.07, 6.45) is 6.65. The summed E-state index contributed by atoms with van der Waals surface area (Å²) in [4.78, 5) is 19.5. The molecule has 154 valence electrons. The number of nitrogens with zero attached hydrogens (tertiary/aromatic N) is 3. The summed E-state index contributed by atoms with van der Waals surface area (Å²) >= 11 is 0. The standard InChI is InChI=1S/C23H23N3O4/c1-25-12-19(16-10-22(26-5-4-6-26)24-11-18(16)23(25)27)14-7-20(28-2)17(9-15-13-30-15)21(8-14)29-3/h7-12H,4-6,13H2,1-3H3/b15-9-. The van der Waals surface area contributed by atoms with Gasteiger partial charge in [0.05, 0.1) is 25.2 Å². The molecule has 0 aliphatic carbocycles. The molecular formula is C23H23N3O4. The molecule has 1 aromatic carbocycles. The van der Waals surface area contributed by atoms with Crippen LogP contribution in [0.1, 0.15) is 12.0 Å². The van der Waals surface area contributed by atoms with E-state index in [1.807, 2.05) is 30.5 Å². The van der Waals surface area contributed by atoms with Crippen molar-refractivity contribution in [3.63, 3.8) is 0 Å². The number of pyridine rings is 2. The molecular weight excluding hydrogens is 382 g/mol. The van der Waals surface area contributed by atoms with Gasteiger partial charge in [0.2, 0.25) is 0 Å². The number of hydrogen-bond donors (Lipinski definition) is 0. The number of aryl methyl sites for hydroxylation is 1. The van der Waals surface area contributed by atoms with Crippen molar-refractivity contribution < 1.29 is 14.2 Å². The Hall–Kier alpha value is -3.48. The highest BCUT2D eigenvalue weighted by molar-refractivity contribution is 5.97. The molecule has 2 saturated heterocycles. The first-order valence-electron chi connectivity index (χ1n) is 9.93. The van der Waals surface area contributed by atoms with E-state index >= 15 is 0 Å². The van der Waals surface area contributed by atoms with Crippen LogP contribution in [0.2, 0.25) is 0 Å². The lowest BCUT2D eigenvalue weighted by atomic mass is 9.98. The Kier molecular flexibility index (Phi) is 4.38. The van der Waals surface area contributed by atoms with Crippen molar-refractivity contribution in [1.82, 2.24) is 9.55 Å². The van der Waals surface area contributed by atoms with E-state index in [0.29, 0.717) is 23.5 Å². The van der Waals surface area contributed by atoms with Crippen molar-refractivity contribution >= 4 is 22.7 Å². The van der Waals surface area contributed by atoms with Crippen LogP contribution in [-0.4, -0.2) is 43.5 Å². The average Bonchev–Trinajstić information content (AvgIpc) is 3.53. The van der Waals surface area contributed by atoms with Gasteiger partial charge >= 0.3 is 0 Å². The number of epoxide rings is 1. The van der Waals surface area contributed by atoms with E-state index < -0.39 is 0 Å². The molecule has 0 bridgehead atoms. The second-order valence-corrected chi connectivity index (χ2v) is 7.58. The van der Waals surface area contributed by atoms with Crippen LogP contribution in [-0.2, 0) is 11.8 Å². The zero-order valence-corrected chi connectivity index (χ0v) is 17.3. The third-order valence-corrected chi connectivity index (χ3v) is 5.70. The van der Waals surface area contributed by atoms with Gasteiger partial charge in [-0.25, -0.2) is 4.98 Å². The molecule has 7 nitrogen and oxygen atoms in total. The first-order chi connectivity index (χ1) is 14.6. The maximum absolute atomic E-state index is 12.7. The number of ether oxygens (including phenoxy) is 3. The molecule has 0 unspecified atom stereocenters. The second-order valence-electron chi connectivity index (χ2n) is 7.58. The Morgan fingerprint density at radius 3 is 2.37 bits per heavy atom. The van der Waals surface area contributed by atoms with E-state index in [-0.39, 0.29) is 5.56 Å². The fourth-order valence-electron chi connectivity index (χ4n) is 3.82. The molecule has 4 heterocycles. The van der Waals surface area contributed by atoms with Crippen molar-refractivity contribution in [2.45, 2.75) is 6.42 Å². The Labute approximate surface area is 174 Å². The summed E-state index contributed by atoms with van der Waals surface area (Å²) in [5, 5.41) is 1.46. The number of rotatable bonds is 5. The van der Waals surface area contributed by atoms with Crippen LogP contribution >= 0.6 is 0 Å². The molecule has 0 amide bonds. The van der Waals surface area contributed by atoms with E-state index in [9.17, 15) is 4.79 Å². The largest absolute Gasteiger partial charge is 0.496 e. The lowest BCUT2D eigenvalue weighted by molar-refractivity contribution is 0.393. The number of anilines is 1. The minimum absolute atomic E-state index is 0.0671. The highest BCUT2D eigenvalue weighted by atomic mass is 16.6. The van der Waals surface area contributed by atoms with E-state index in [1.165, 1.54) is 0 Å². The predicted molar refractivity (Wildman–Crippen MR) is 116 cm³/mol. The van der Waals surface area contributed by atoms with Crippen LogP contribution in [0, 0.1) is 0 Å². The van der Waals surface area contributed by atoms with Gasteiger partial charge in [0, 0.05) is 43.5 Å². The van der Waals surface area contributed by atoms with Gasteiger partial charge in [-0.15, -0.1) is 0 Å². The number of benzene rings is 1. The monoisotopic (exact) mass is 405 g/mol. The van der Waals surface area contributed by atoms with Crippen molar-refractivity contribution in [2.24, 2.45) is 7.05 Å². The minimum Gasteiger partial charge on any atom is -0.496 e.